The van der Waals surface area contributed by atoms with Crippen LogP contribution in [0.3, 0.4) is 0 Å². The van der Waals surface area contributed by atoms with Crippen LogP contribution in [0.1, 0.15) is 41.2 Å². The van der Waals surface area contributed by atoms with Gasteiger partial charge in [0.25, 0.3) is 5.91 Å². The summed E-state index contributed by atoms with van der Waals surface area (Å²) in [7, 11) is 0. The first-order chi connectivity index (χ1) is 14.6. The molecule has 1 unspecified atom stereocenters. The highest BCUT2D eigenvalue weighted by Crippen LogP contribution is 2.42. The summed E-state index contributed by atoms with van der Waals surface area (Å²) >= 11 is 3.53. The maximum Gasteiger partial charge on any atom is 0.261 e. The van der Waals surface area contributed by atoms with E-state index in [1.165, 1.54) is 0 Å². The van der Waals surface area contributed by atoms with Crippen LogP contribution < -0.4 is 10.6 Å². The minimum Gasteiger partial charge on any atom is -0.343 e. The maximum atomic E-state index is 13.0. The zero-order valence-corrected chi connectivity index (χ0v) is 17.6. The van der Waals surface area contributed by atoms with Crippen molar-refractivity contribution in [1.29, 1.82) is 0 Å². The average Bonchev–Trinajstić information content (AvgIpc) is 3.17. The van der Waals surface area contributed by atoms with E-state index in [1.807, 2.05) is 54.6 Å². The monoisotopic (exact) mass is 462 g/mol. The molecule has 0 spiro atoms. The first kappa shape index (κ1) is 18.8. The van der Waals surface area contributed by atoms with Crippen LogP contribution in [-0.4, -0.2) is 21.5 Å². The van der Waals surface area contributed by atoms with E-state index >= 15 is 0 Å². The van der Waals surface area contributed by atoms with Crippen LogP contribution in [0.5, 0.6) is 0 Å². The van der Waals surface area contributed by atoms with Crippen LogP contribution in [0.25, 0.3) is 0 Å². The van der Waals surface area contributed by atoms with Crippen molar-refractivity contribution in [2.24, 2.45) is 0 Å². The zero-order chi connectivity index (χ0) is 20.7. The van der Waals surface area contributed by atoms with E-state index in [4.69, 9.17) is 0 Å². The number of fused-ring (bicyclic) bond motifs is 1. The summed E-state index contributed by atoms with van der Waals surface area (Å²) in [6, 6.07) is 16.8. The summed E-state index contributed by atoms with van der Waals surface area (Å²) in [5.41, 5.74) is 3.74. The highest BCUT2D eigenvalue weighted by atomic mass is 79.9. The number of para-hydroxylation sites is 1. The van der Waals surface area contributed by atoms with Crippen molar-refractivity contribution in [1.82, 2.24) is 9.78 Å². The highest BCUT2D eigenvalue weighted by Gasteiger charge is 2.37. The van der Waals surface area contributed by atoms with E-state index in [0.717, 1.165) is 39.8 Å². The number of allylic oxidation sites excluding steroid dienone is 2. The second-order valence-corrected chi connectivity index (χ2v) is 8.34. The number of hydrogen-bond donors (Lipinski definition) is 2. The number of aromatic nitrogens is 2. The smallest absolute Gasteiger partial charge is 0.261 e. The van der Waals surface area contributed by atoms with Crippen molar-refractivity contribution >= 4 is 39.1 Å². The number of nitrogens with one attached hydrogen (secondary N) is 2. The number of anilines is 2. The second kappa shape index (κ2) is 7.57. The van der Waals surface area contributed by atoms with Gasteiger partial charge in [-0.15, -0.1) is 0 Å². The molecule has 30 heavy (non-hydrogen) atoms. The predicted octanol–water partition coefficient (Wildman–Crippen LogP) is 4.92. The molecule has 1 aliphatic heterocycles. The fraction of sp³-hybridized carbons (Fsp3) is 0.174. The van der Waals surface area contributed by atoms with Crippen molar-refractivity contribution in [2.75, 3.05) is 10.6 Å². The highest BCUT2D eigenvalue weighted by molar-refractivity contribution is 9.10. The van der Waals surface area contributed by atoms with Crippen LogP contribution in [0, 0.1) is 0 Å². The minimum absolute atomic E-state index is 0.130. The van der Waals surface area contributed by atoms with Crippen LogP contribution in [0.2, 0.25) is 0 Å². The largest absolute Gasteiger partial charge is 0.343 e. The van der Waals surface area contributed by atoms with Crippen molar-refractivity contribution in [2.45, 2.75) is 25.3 Å². The van der Waals surface area contributed by atoms with Crippen LogP contribution >= 0.6 is 15.9 Å². The lowest BCUT2D eigenvalue weighted by Crippen LogP contribution is -2.32. The first-order valence-corrected chi connectivity index (χ1v) is 10.6. The standard InChI is InChI=1S/C23H19BrN4O2/c24-15-7-4-6-14(12-15)21-20-18(10-5-11-19(20)29)27-22-17(13-25-28(21)22)23(30)26-16-8-2-1-3-9-16/h1-4,6-9,12-13,21,27H,5,10-11H2,(H,26,30). The van der Waals surface area contributed by atoms with Crippen molar-refractivity contribution in [3.05, 3.63) is 87.7 Å². The summed E-state index contributed by atoms with van der Waals surface area (Å²) in [4.78, 5) is 25.8. The molecule has 2 N–H and O–H groups in total. The van der Waals surface area contributed by atoms with Crippen molar-refractivity contribution in [3.8, 4) is 0 Å². The van der Waals surface area contributed by atoms with Gasteiger partial charge in [-0.25, -0.2) is 4.68 Å². The van der Waals surface area contributed by atoms with Crippen LogP contribution in [0.4, 0.5) is 11.5 Å². The topological polar surface area (TPSA) is 76.0 Å². The summed E-state index contributed by atoms with van der Waals surface area (Å²) in [6.07, 6.45) is 3.67. The molecule has 5 rings (SSSR count). The number of benzene rings is 2. The Labute approximate surface area is 182 Å². The molecule has 0 fully saturated rings. The van der Waals surface area contributed by atoms with Gasteiger partial charge in [0.1, 0.15) is 17.4 Å². The molecule has 1 atom stereocenters. The molecule has 0 radical (unpaired) electrons. The van der Waals surface area contributed by atoms with E-state index in [0.29, 0.717) is 17.8 Å². The van der Waals surface area contributed by atoms with Gasteiger partial charge >= 0.3 is 0 Å². The van der Waals surface area contributed by atoms with Gasteiger partial charge in [0, 0.05) is 27.9 Å². The zero-order valence-electron chi connectivity index (χ0n) is 16.1. The van der Waals surface area contributed by atoms with E-state index in [-0.39, 0.29) is 17.7 Å². The number of rotatable bonds is 3. The third kappa shape index (κ3) is 3.25. The van der Waals surface area contributed by atoms with Crippen molar-refractivity contribution in [3.63, 3.8) is 0 Å². The van der Waals surface area contributed by atoms with Crippen molar-refractivity contribution < 1.29 is 9.59 Å². The van der Waals surface area contributed by atoms with Gasteiger partial charge in [-0.3, -0.25) is 9.59 Å². The third-order valence-electron chi connectivity index (χ3n) is 5.48. The van der Waals surface area contributed by atoms with Gasteiger partial charge < -0.3 is 10.6 Å². The summed E-state index contributed by atoms with van der Waals surface area (Å²) in [5, 5.41) is 10.8. The lowest BCUT2D eigenvalue weighted by Gasteiger charge is -2.33. The van der Waals surface area contributed by atoms with E-state index in [1.54, 1.807) is 10.9 Å². The first-order valence-electron chi connectivity index (χ1n) is 9.84. The molecule has 0 saturated carbocycles. The molecule has 1 aromatic heterocycles. The summed E-state index contributed by atoms with van der Waals surface area (Å²) in [6.45, 7) is 0. The number of nitrogens with zero attached hydrogens (tertiary/aromatic N) is 2. The number of halogens is 1. The molecule has 6 nitrogen and oxygen atoms in total. The summed E-state index contributed by atoms with van der Waals surface area (Å²) < 4.78 is 2.68. The molecule has 3 aromatic rings. The van der Waals surface area contributed by atoms with E-state index in [2.05, 4.69) is 31.7 Å². The van der Waals surface area contributed by atoms with Gasteiger partial charge in [0.15, 0.2) is 5.78 Å². The number of Topliss-reactive ketones (excluding diaryl/α,β-unsaturated/α-hetero) is 1. The molecule has 1 amide bonds. The molecular formula is C23H19BrN4O2. The number of ketones is 1. The Morgan fingerprint density at radius 1 is 1.13 bits per heavy atom. The molecule has 0 bridgehead atoms. The van der Waals surface area contributed by atoms with Crippen LogP contribution in [-0.2, 0) is 4.79 Å². The van der Waals surface area contributed by atoms with Gasteiger partial charge in [-0.2, -0.15) is 5.10 Å². The normalized spacial score (nSPS) is 17.8. The van der Waals surface area contributed by atoms with Crippen LogP contribution in [0.15, 0.2) is 76.5 Å². The third-order valence-corrected chi connectivity index (χ3v) is 5.97. The quantitative estimate of drug-likeness (QED) is 0.578. The van der Waals surface area contributed by atoms with E-state index < -0.39 is 0 Å². The summed E-state index contributed by atoms with van der Waals surface area (Å²) in [5.74, 6) is 0.501. The second-order valence-electron chi connectivity index (χ2n) is 7.42. The number of carbonyl (C=O) groups excluding carboxylic acids is 2. The Balaban J connectivity index is 1.59. The van der Waals surface area contributed by atoms with Gasteiger partial charge in [0.05, 0.1) is 6.20 Å². The molecule has 150 valence electrons. The minimum atomic E-state index is -0.361. The fourth-order valence-corrected chi connectivity index (χ4v) is 4.55. The predicted molar refractivity (Wildman–Crippen MR) is 118 cm³/mol. The molecule has 2 heterocycles. The number of amides is 1. The Kier molecular flexibility index (Phi) is 4.75. The molecule has 2 aromatic carbocycles. The molecule has 1 aliphatic carbocycles. The molecule has 2 aliphatic rings. The molecule has 7 heteroatoms. The average molecular weight is 463 g/mol. The number of carbonyl (C=O) groups is 2. The molecular weight excluding hydrogens is 444 g/mol. The Hall–Kier alpha value is -3.19. The molecule has 0 saturated heterocycles. The lowest BCUT2D eigenvalue weighted by molar-refractivity contribution is -0.116. The SMILES string of the molecule is O=C1CCCC2=C1C(c1cccc(Br)c1)n1ncc(C(=O)Nc3ccccc3)c1N2. The Morgan fingerprint density at radius 2 is 1.97 bits per heavy atom. The number of hydrogen-bond acceptors (Lipinski definition) is 4. The van der Waals surface area contributed by atoms with Gasteiger partial charge in [-0.1, -0.05) is 46.3 Å². The van der Waals surface area contributed by atoms with E-state index in [9.17, 15) is 9.59 Å². The Bertz CT molecular complexity index is 1180. The van der Waals surface area contributed by atoms with Gasteiger partial charge in [-0.05, 0) is 42.7 Å². The lowest BCUT2D eigenvalue weighted by atomic mass is 9.85. The fourth-order valence-electron chi connectivity index (χ4n) is 4.13. The Morgan fingerprint density at radius 3 is 2.77 bits per heavy atom. The van der Waals surface area contributed by atoms with Gasteiger partial charge in [0.2, 0.25) is 0 Å². The maximum absolute atomic E-state index is 13.0.